The SMILES string of the molecule is CCOc1cc2c(CCN)cn(CCO)c2cc1OCC. The zero-order valence-electron chi connectivity index (χ0n) is 12.8. The first-order valence-electron chi connectivity index (χ1n) is 7.47. The molecular formula is C16H24N2O3. The lowest BCUT2D eigenvalue weighted by molar-refractivity contribution is 0.277. The maximum atomic E-state index is 9.23. The third kappa shape index (κ3) is 3.31. The van der Waals surface area contributed by atoms with E-state index in [1.807, 2.05) is 30.5 Å². The molecule has 21 heavy (non-hydrogen) atoms. The fraction of sp³-hybridized carbons (Fsp3) is 0.500. The summed E-state index contributed by atoms with van der Waals surface area (Å²) in [5.74, 6) is 1.50. The van der Waals surface area contributed by atoms with Crippen molar-refractivity contribution in [1.29, 1.82) is 0 Å². The van der Waals surface area contributed by atoms with Crippen LogP contribution in [-0.2, 0) is 13.0 Å². The molecule has 0 atom stereocenters. The molecule has 2 rings (SSSR count). The number of aliphatic hydroxyl groups is 1. The van der Waals surface area contributed by atoms with E-state index in [4.69, 9.17) is 15.2 Å². The second-order valence-electron chi connectivity index (χ2n) is 4.79. The van der Waals surface area contributed by atoms with E-state index in [0.29, 0.717) is 26.3 Å². The molecular weight excluding hydrogens is 268 g/mol. The average molecular weight is 292 g/mol. The van der Waals surface area contributed by atoms with Crippen molar-refractivity contribution in [2.45, 2.75) is 26.8 Å². The van der Waals surface area contributed by atoms with Crippen molar-refractivity contribution < 1.29 is 14.6 Å². The Bertz CT molecular complexity index is 543. The van der Waals surface area contributed by atoms with Crippen molar-refractivity contribution in [3.63, 3.8) is 0 Å². The van der Waals surface area contributed by atoms with E-state index in [1.165, 1.54) is 5.56 Å². The minimum absolute atomic E-state index is 0.100. The van der Waals surface area contributed by atoms with Crippen LogP contribution in [0, 0.1) is 0 Å². The van der Waals surface area contributed by atoms with Crippen LogP contribution in [-0.4, -0.2) is 36.0 Å². The Morgan fingerprint density at radius 2 is 1.81 bits per heavy atom. The Morgan fingerprint density at radius 1 is 1.14 bits per heavy atom. The van der Waals surface area contributed by atoms with Crippen LogP contribution in [0.2, 0.25) is 0 Å². The highest BCUT2D eigenvalue weighted by Gasteiger charge is 2.14. The van der Waals surface area contributed by atoms with Gasteiger partial charge >= 0.3 is 0 Å². The van der Waals surface area contributed by atoms with E-state index < -0.39 is 0 Å². The van der Waals surface area contributed by atoms with Crippen molar-refractivity contribution in [2.24, 2.45) is 5.73 Å². The fourth-order valence-electron chi connectivity index (χ4n) is 2.56. The van der Waals surface area contributed by atoms with Gasteiger partial charge < -0.3 is 24.9 Å². The van der Waals surface area contributed by atoms with Gasteiger partial charge in [0.1, 0.15) is 0 Å². The van der Waals surface area contributed by atoms with Crippen molar-refractivity contribution in [2.75, 3.05) is 26.4 Å². The van der Waals surface area contributed by atoms with Crippen LogP contribution in [0.3, 0.4) is 0 Å². The van der Waals surface area contributed by atoms with Crippen LogP contribution in [0.15, 0.2) is 18.3 Å². The molecule has 0 spiro atoms. The third-order valence-electron chi connectivity index (χ3n) is 3.38. The normalized spacial score (nSPS) is 11.0. The Morgan fingerprint density at radius 3 is 2.38 bits per heavy atom. The summed E-state index contributed by atoms with van der Waals surface area (Å²) < 4.78 is 13.4. The molecule has 0 aliphatic carbocycles. The van der Waals surface area contributed by atoms with Gasteiger partial charge in [-0.2, -0.15) is 0 Å². The van der Waals surface area contributed by atoms with Crippen molar-refractivity contribution in [3.05, 3.63) is 23.9 Å². The molecule has 0 fully saturated rings. The molecule has 0 unspecified atom stereocenters. The van der Waals surface area contributed by atoms with Crippen LogP contribution in [0.5, 0.6) is 11.5 Å². The highest BCUT2D eigenvalue weighted by Crippen LogP contribution is 2.35. The Balaban J connectivity index is 2.58. The number of nitrogens with zero attached hydrogens (tertiary/aromatic N) is 1. The molecule has 5 nitrogen and oxygen atoms in total. The minimum Gasteiger partial charge on any atom is -0.490 e. The van der Waals surface area contributed by atoms with Crippen LogP contribution >= 0.6 is 0 Å². The van der Waals surface area contributed by atoms with Gasteiger partial charge in [0.25, 0.3) is 0 Å². The van der Waals surface area contributed by atoms with Gasteiger partial charge in [-0.3, -0.25) is 0 Å². The summed E-state index contributed by atoms with van der Waals surface area (Å²) in [6.45, 7) is 6.33. The zero-order valence-corrected chi connectivity index (χ0v) is 12.8. The van der Waals surface area contributed by atoms with Crippen LogP contribution in [0.4, 0.5) is 0 Å². The molecule has 0 saturated heterocycles. The quantitative estimate of drug-likeness (QED) is 0.780. The molecule has 1 aromatic carbocycles. The number of hydrogen-bond donors (Lipinski definition) is 2. The molecule has 0 amide bonds. The molecule has 5 heteroatoms. The number of nitrogens with two attached hydrogens (primary N) is 1. The fourth-order valence-corrected chi connectivity index (χ4v) is 2.56. The molecule has 3 N–H and O–H groups in total. The van der Waals surface area contributed by atoms with Crippen LogP contribution < -0.4 is 15.2 Å². The van der Waals surface area contributed by atoms with Gasteiger partial charge in [-0.1, -0.05) is 0 Å². The van der Waals surface area contributed by atoms with Crippen molar-refractivity contribution in [1.82, 2.24) is 4.57 Å². The third-order valence-corrected chi connectivity index (χ3v) is 3.38. The van der Waals surface area contributed by atoms with Gasteiger partial charge in [-0.05, 0) is 38.4 Å². The smallest absolute Gasteiger partial charge is 0.163 e. The number of rotatable bonds is 8. The highest BCUT2D eigenvalue weighted by molar-refractivity contribution is 5.87. The van der Waals surface area contributed by atoms with Crippen molar-refractivity contribution in [3.8, 4) is 11.5 Å². The Hall–Kier alpha value is -1.72. The van der Waals surface area contributed by atoms with Gasteiger partial charge in [0.15, 0.2) is 11.5 Å². The van der Waals surface area contributed by atoms with Gasteiger partial charge in [0.2, 0.25) is 0 Å². The topological polar surface area (TPSA) is 69.6 Å². The van der Waals surface area contributed by atoms with Gasteiger partial charge in [-0.25, -0.2) is 0 Å². The molecule has 0 aliphatic rings. The maximum Gasteiger partial charge on any atom is 0.163 e. The summed E-state index contributed by atoms with van der Waals surface area (Å²) in [4.78, 5) is 0. The highest BCUT2D eigenvalue weighted by atomic mass is 16.5. The summed E-state index contributed by atoms with van der Waals surface area (Å²) in [7, 11) is 0. The average Bonchev–Trinajstić information content (AvgIpc) is 2.78. The number of fused-ring (bicyclic) bond motifs is 1. The number of aromatic nitrogens is 1. The second-order valence-corrected chi connectivity index (χ2v) is 4.79. The first kappa shape index (κ1) is 15.7. The molecule has 2 aromatic rings. The van der Waals surface area contributed by atoms with E-state index in [9.17, 15) is 5.11 Å². The standard InChI is InChI=1S/C16H24N2O3/c1-3-20-15-9-13-12(5-6-17)11-18(7-8-19)14(13)10-16(15)21-4-2/h9-11,19H,3-8,17H2,1-2H3. The summed E-state index contributed by atoms with van der Waals surface area (Å²) in [6, 6.07) is 4.00. The predicted molar refractivity (Wildman–Crippen MR) is 84.1 cm³/mol. The molecule has 1 aromatic heterocycles. The summed E-state index contributed by atoms with van der Waals surface area (Å²) in [5, 5.41) is 10.3. The monoisotopic (exact) mass is 292 g/mol. The first-order chi connectivity index (χ1) is 10.2. The molecule has 0 bridgehead atoms. The van der Waals surface area contributed by atoms with E-state index in [0.717, 1.165) is 28.8 Å². The molecule has 116 valence electrons. The number of hydrogen-bond acceptors (Lipinski definition) is 4. The Labute approximate surface area is 125 Å². The summed E-state index contributed by atoms with van der Waals surface area (Å²) in [6.07, 6.45) is 2.85. The largest absolute Gasteiger partial charge is 0.490 e. The lowest BCUT2D eigenvalue weighted by Gasteiger charge is -2.12. The first-order valence-corrected chi connectivity index (χ1v) is 7.47. The van der Waals surface area contributed by atoms with E-state index in [2.05, 4.69) is 6.20 Å². The summed E-state index contributed by atoms with van der Waals surface area (Å²) >= 11 is 0. The lowest BCUT2D eigenvalue weighted by Crippen LogP contribution is -2.02. The van der Waals surface area contributed by atoms with Gasteiger partial charge in [0.05, 0.1) is 25.3 Å². The maximum absolute atomic E-state index is 9.23. The zero-order chi connectivity index (χ0) is 15.2. The predicted octanol–water partition coefficient (Wildman–Crippen LogP) is 1.93. The molecule has 0 aliphatic heterocycles. The molecule has 1 heterocycles. The van der Waals surface area contributed by atoms with Gasteiger partial charge in [-0.15, -0.1) is 0 Å². The van der Waals surface area contributed by atoms with E-state index >= 15 is 0 Å². The molecule has 0 radical (unpaired) electrons. The number of ether oxygens (including phenoxy) is 2. The van der Waals surface area contributed by atoms with Gasteiger partial charge in [0, 0.05) is 24.2 Å². The van der Waals surface area contributed by atoms with E-state index in [1.54, 1.807) is 0 Å². The van der Waals surface area contributed by atoms with E-state index in [-0.39, 0.29) is 6.61 Å². The lowest BCUT2D eigenvalue weighted by atomic mass is 10.1. The van der Waals surface area contributed by atoms with Crippen LogP contribution in [0.1, 0.15) is 19.4 Å². The Kier molecular flexibility index (Phi) is 5.47. The second kappa shape index (κ2) is 7.33. The van der Waals surface area contributed by atoms with Crippen LogP contribution in [0.25, 0.3) is 10.9 Å². The number of benzene rings is 1. The summed E-state index contributed by atoms with van der Waals surface area (Å²) in [5.41, 5.74) is 7.91. The number of aliphatic hydroxyl groups excluding tert-OH is 1. The molecule has 0 saturated carbocycles. The van der Waals surface area contributed by atoms with Crippen molar-refractivity contribution >= 4 is 10.9 Å². The minimum atomic E-state index is 0.100.